The second-order valence-corrected chi connectivity index (χ2v) is 6.09. The maximum absolute atomic E-state index is 12.1. The molecule has 2 aromatic heterocycles. The number of amides is 2. The van der Waals surface area contributed by atoms with Crippen LogP contribution in [0, 0.1) is 0 Å². The number of rotatable bonds is 7. The minimum atomic E-state index is -0.278. The van der Waals surface area contributed by atoms with Crippen molar-refractivity contribution in [3.05, 3.63) is 59.9 Å². The van der Waals surface area contributed by atoms with E-state index in [1.807, 2.05) is 43.4 Å². The Morgan fingerprint density at radius 3 is 2.54 bits per heavy atom. The van der Waals surface area contributed by atoms with E-state index in [1.54, 1.807) is 31.2 Å². The first-order valence-corrected chi connectivity index (χ1v) is 8.77. The summed E-state index contributed by atoms with van der Waals surface area (Å²) in [6.45, 7) is 0.687. The molecule has 146 valence electrons. The number of nitrogens with zero attached hydrogens (tertiary/aromatic N) is 3. The van der Waals surface area contributed by atoms with Crippen LogP contribution in [0.2, 0.25) is 0 Å². The van der Waals surface area contributed by atoms with Gasteiger partial charge in [-0.1, -0.05) is 12.1 Å². The topological polar surface area (TPSA) is 90.3 Å². The van der Waals surface area contributed by atoms with E-state index in [4.69, 9.17) is 9.47 Å². The molecular weight excluding hydrogens is 358 g/mol. The first-order chi connectivity index (χ1) is 13.6. The number of benzene rings is 1. The molecule has 0 fully saturated rings. The van der Waals surface area contributed by atoms with Gasteiger partial charge in [-0.25, -0.2) is 4.79 Å². The average molecular weight is 381 g/mol. The molecule has 8 nitrogen and oxygen atoms in total. The van der Waals surface area contributed by atoms with Gasteiger partial charge in [0.2, 0.25) is 0 Å². The lowest BCUT2D eigenvalue weighted by atomic mass is 10.2. The molecule has 0 atom stereocenters. The fraction of sp³-hybridized carbons (Fsp3) is 0.250. The number of carbonyl (C=O) groups excluding carboxylic acids is 1. The Labute approximate surface area is 163 Å². The second-order valence-electron chi connectivity index (χ2n) is 6.09. The lowest BCUT2D eigenvalue weighted by molar-refractivity contribution is 0.240. The summed E-state index contributed by atoms with van der Waals surface area (Å²) < 4.78 is 12.2. The molecule has 2 amide bonds. The van der Waals surface area contributed by atoms with E-state index >= 15 is 0 Å². The molecule has 28 heavy (non-hydrogen) atoms. The Morgan fingerprint density at radius 2 is 1.82 bits per heavy atom. The number of aromatic nitrogens is 3. The Balaban J connectivity index is 1.54. The van der Waals surface area contributed by atoms with E-state index in [1.165, 1.54) is 0 Å². The van der Waals surface area contributed by atoms with Crippen LogP contribution in [-0.4, -0.2) is 35.0 Å². The smallest absolute Gasteiger partial charge is 0.315 e. The maximum Gasteiger partial charge on any atom is 0.315 e. The molecule has 0 aliphatic rings. The van der Waals surface area contributed by atoms with Gasteiger partial charge in [0.25, 0.3) is 0 Å². The van der Waals surface area contributed by atoms with Gasteiger partial charge in [-0.3, -0.25) is 9.67 Å². The largest absolute Gasteiger partial charge is 0.493 e. The zero-order valence-corrected chi connectivity index (χ0v) is 16.1. The summed E-state index contributed by atoms with van der Waals surface area (Å²) in [4.78, 5) is 16.4. The van der Waals surface area contributed by atoms with Gasteiger partial charge in [-0.05, 0) is 35.9 Å². The van der Waals surface area contributed by atoms with Gasteiger partial charge in [-0.2, -0.15) is 5.10 Å². The predicted molar refractivity (Wildman–Crippen MR) is 105 cm³/mol. The predicted octanol–water partition coefficient (Wildman–Crippen LogP) is 2.50. The van der Waals surface area contributed by atoms with E-state index in [-0.39, 0.29) is 6.03 Å². The molecule has 3 aromatic rings. The van der Waals surface area contributed by atoms with Crippen molar-refractivity contribution in [2.45, 2.75) is 13.1 Å². The van der Waals surface area contributed by atoms with Crippen molar-refractivity contribution in [2.75, 3.05) is 14.2 Å². The van der Waals surface area contributed by atoms with Crippen molar-refractivity contribution < 1.29 is 14.3 Å². The molecule has 0 unspecified atom stereocenters. The first-order valence-electron chi connectivity index (χ1n) is 8.77. The van der Waals surface area contributed by atoms with E-state index in [2.05, 4.69) is 20.7 Å². The lowest BCUT2D eigenvalue weighted by Crippen LogP contribution is -2.34. The number of hydrogen-bond acceptors (Lipinski definition) is 5. The van der Waals surface area contributed by atoms with Gasteiger partial charge in [0.15, 0.2) is 11.5 Å². The fourth-order valence-corrected chi connectivity index (χ4v) is 2.77. The number of carbonyl (C=O) groups is 1. The zero-order chi connectivity index (χ0) is 19.9. The fourth-order valence-electron chi connectivity index (χ4n) is 2.77. The second kappa shape index (κ2) is 8.90. The number of hydrogen-bond donors (Lipinski definition) is 2. The number of nitrogens with one attached hydrogen (secondary N) is 2. The van der Waals surface area contributed by atoms with Crippen molar-refractivity contribution in [1.29, 1.82) is 0 Å². The van der Waals surface area contributed by atoms with E-state index in [9.17, 15) is 4.79 Å². The molecule has 0 spiro atoms. The summed E-state index contributed by atoms with van der Waals surface area (Å²) in [6, 6.07) is 12.9. The summed E-state index contributed by atoms with van der Waals surface area (Å²) in [5, 5.41) is 10.1. The molecule has 0 saturated carbocycles. The molecular formula is C20H23N5O3. The summed E-state index contributed by atoms with van der Waals surface area (Å²) in [5.41, 5.74) is 3.39. The molecule has 0 bridgehead atoms. The van der Waals surface area contributed by atoms with Gasteiger partial charge >= 0.3 is 6.03 Å². The van der Waals surface area contributed by atoms with Crippen LogP contribution in [0.3, 0.4) is 0 Å². The quantitative estimate of drug-likeness (QED) is 0.656. The molecule has 0 aliphatic carbocycles. The number of urea groups is 1. The number of pyridine rings is 1. The normalized spacial score (nSPS) is 10.4. The van der Waals surface area contributed by atoms with Crippen LogP contribution in [0.15, 0.2) is 48.7 Å². The minimum absolute atomic E-state index is 0.278. The third-order valence-corrected chi connectivity index (χ3v) is 4.19. The SMILES string of the molecule is COc1ccc(CNC(=O)NCc2cc(-c3ccccn3)n(C)n2)cc1OC. The van der Waals surface area contributed by atoms with Gasteiger partial charge in [0.05, 0.1) is 37.8 Å². The minimum Gasteiger partial charge on any atom is -0.493 e. The Hall–Kier alpha value is -3.55. The summed E-state index contributed by atoms with van der Waals surface area (Å²) in [6.07, 6.45) is 1.74. The average Bonchev–Trinajstić information content (AvgIpc) is 3.11. The Bertz CT molecular complexity index is 940. The van der Waals surface area contributed by atoms with Gasteiger partial charge in [0.1, 0.15) is 0 Å². The molecule has 2 N–H and O–H groups in total. The molecule has 0 radical (unpaired) electrons. The van der Waals surface area contributed by atoms with Crippen molar-refractivity contribution in [3.63, 3.8) is 0 Å². The summed E-state index contributed by atoms with van der Waals surface area (Å²) in [5.74, 6) is 1.27. The molecule has 1 aromatic carbocycles. The van der Waals surface area contributed by atoms with Crippen LogP contribution in [0.1, 0.15) is 11.3 Å². The maximum atomic E-state index is 12.1. The molecule has 2 heterocycles. The number of aryl methyl sites for hydroxylation is 1. The van der Waals surface area contributed by atoms with Crippen LogP contribution < -0.4 is 20.1 Å². The highest BCUT2D eigenvalue weighted by Crippen LogP contribution is 2.27. The van der Waals surface area contributed by atoms with Crippen molar-refractivity contribution in [2.24, 2.45) is 7.05 Å². The molecule has 0 aliphatic heterocycles. The van der Waals surface area contributed by atoms with Crippen molar-refractivity contribution in [1.82, 2.24) is 25.4 Å². The number of methoxy groups -OCH3 is 2. The van der Waals surface area contributed by atoms with Gasteiger partial charge < -0.3 is 20.1 Å². The molecule has 3 rings (SSSR count). The molecule has 0 saturated heterocycles. The Morgan fingerprint density at radius 1 is 1.04 bits per heavy atom. The highest BCUT2D eigenvalue weighted by molar-refractivity contribution is 5.73. The third kappa shape index (κ3) is 4.59. The zero-order valence-electron chi connectivity index (χ0n) is 16.1. The monoisotopic (exact) mass is 381 g/mol. The number of ether oxygens (including phenoxy) is 2. The Kier molecular flexibility index (Phi) is 6.11. The van der Waals surface area contributed by atoms with E-state index in [0.29, 0.717) is 24.6 Å². The van der Waals surface area contributed by atoms with Crippen LogP contribution in [0.25, 0.3) is 11.4 Å². The van der Waals surface area contributed by atoms with Crippen molar-refractivity contribution >= 4 is 6.03 Å². The van der Waals surface area contributed by atoms with Crippen molar-refractivity contribution in [3.8, 4) is 22.9 Å². The van der Waals surface area contributed by atoms with Gasteiger partial charge in [0, 0.05) is 19.8 Å². The summed E-state index contributed by atoms with van der Waals surface area (Å²) in [7, 11) is 5.01. The van der Waals surface area contributed by atoms with E-state index < -0.39 is 0 Å². The summed E-state index contributed by atoms with van der Waals surface area (Å²) >= 11 is 0. The highest BCUT2D eigenvalue weighted by Gasteiger charge is 2.10. The van der Waals surface area contributed by atoms with Crippen LogP contribution in [0.4, 0.5) is 4.79 Å². The third-order valence-electron chi connectivity index (χ3n) is 4.19. The first kappa shape index (κ1) is 19.2. The van der Waals surface area contributed by atoms with Crippen LogP contribution >= 0.6 is 0 Å². The van der Waals surface area contributed by atoms with E-state index in [0.717, 1.165) is 22.6 Å². The van der Waals surface area contributed by atoms with Crippen LogP contribution in [0.5, 0.6) is 11.5 Å². The highest BCUT2D eigenvalue weighted by atomic mass is 16.5. The standard InChI is InChI=1S/C20H23N5O3/c1-25-17(16-6-4-5-9-21-16)11-15(24-25)13-23-20(26)22-12-14-7-8-18(27-2)19(10-14)28-3/h4-11H,12-13H2,1-3H3,(H2,22,23,26). The lowest BCUT2D eigenvalue weighted by Gasteiger charge is -2.10. The van der Waals surface area contributed by atoms with Gasteiger partial charge in [-0.15, -0.1) is 0 Å². The van der Waals surface area contributed by atoms with Crippen LogP contribution in [-0.2, 0) is 20.1 Å². The molecule has 8 heteroatoms.